The number of benzene rings is 1. The van der Waals surface area contributed by atoms with Crippen molar-refractivity contribution in [2.45, 2.75) is 52.6 Å². The van der Waals surface area contributed by atoms with Crippen LogP contribution in [0.4, 0.5) is 0 Å². The average Bonchev–Trinajstić information content (AvgIpc) is 2.49. The lowest BCUT2D eigenvalue weighted by molar-refractivity contribution is -0.138. The third-order valence-electron chi connectivity index (χ3n) is 5.19. The number of Topliss-reactive ketones (excluding diaryl/α,β-unsaturated/α-hetero) is 1. The molecule has 1 spiro atoms. The molecule has 4 nitrogen and oxygen atoms in total. The molecule has 3 rings (SSSR count). The summed E-state index contributed by atoms with van der Waals surface area (Å²) in [6, 6.07) is 3.92. The van der Waals surface area contributed by atoms with Gasteiger partial charge in [0.1, 0.15) is 11.4 Å². The van der Waals surface area contributed by atoms with Crippen LogP contribution >= 0.6 is 0 Å². The quantitative estimate of drug-likeness (QED) is 0.799. The van der Waals surface area contributed by atoms with E-state index in [1.165, 1.54) is 0 Å². The summed E-state index contributed by atoms with van der Waals surface area (Å²) < 4.78 is 6.30. The van der Waals surface area contributed by atoms with Gasteiger partial charge in [-0.2, -0.15) is 0 Å². The van der Waals surface area contributed by atoms with E-state index in [1.54, 1.807) is 0 Å². The third kappa shape index (κ3) is 2.87. The van der Waals surface area contributed by atoms with Gasteiger partial charge in [0.15, 0.2) is 5.78 Å². The fourth-order valence-corrected chi connectivity index (χ4v) is 3.53. The Morgan fingerprint density at radius 2 is 1.78 bits per heavy atom. The van der Waals surface area contributed by atoms with Crippen LogP contribution in [0.25, 0.3) is 0 Å². The molecular formula is C19H25NO3. The fourth-order valence-electron chi connectivity index (χ4n) is 3.53. The van der Waals surface area contributed by atoms with E-state index in [-0.39, 0.29) is 17.6 Å². The number of hydrogen-bond donors (Lipinski definition) is 0. The minimum Gasteiger partial charge on any atom is -0.486 e. The van der Waals surface area contributed by atoms with Gasteiger partial charge in [0.05, 0.1) is 12.0 Å². The predicted octanol–water partition coefficient (Wildman–Crippen LogP) is 3.29. The van der Waals surface area contributed by atoms with Gasteiger partial charge >= 0.3 is 0 Å². The van der Waals surface area contributed by atoms with Crippen molar-refractivity contribution in [3.05, 3.63) is 28.8 Å². The highest BCUT2D eigenvalue weighted by atomic mass is 16.5. The highest BCUT2D eigenvalue weighted by Crippen LogP contribution is 2.40. The van der Waals surface area contributed by atoms with Crippen molar-refractivity contribution in [3.8, 4) is 5.75 Å². The molecular weight excluding hydrogens is 290 g/mol. The monoisotopic (exact) mass is 315 g/mol. The number of hydrogen-bond acceptors (Lipinski definition) is 3. The first kappa shape index (κ1) is 16.0. The lowest BCUT2D eigenvalue weighted by atomic mass is 9.81. The standard InChI is InChI=1S/C19H25NO3/c1-12(2)18(22)20-7-5-19(6-8-20)11-16(21)15-9-13(3)14(4)10-17(15)23-19/h9-10,12H,5-8,11H2,1-4H3. The Kier molecular flexibility index (Phi) is 3.95. The lowest BCUT2D eigenvalue weighted by Crippen LogP contribution is -2.52. The van der Waals surface area contributed by atoms with Crippen LogP contribution in [0.3, 0.4) is 0 Å². The van der Waals surface area contributed by atoms with Gasteiger partial charge < -0.3 is 9.64 Å². The van der Waals surface area contributed by atoms with E-state index in [0.717, 1.165) is 24.0 Å². The molecule has 0 atom stereocenters. The largest absolute Gasteiger partial charge is 0.486 e. The molecule has 1 aromatic rings. The number of ketones is 1. The Labute approximate surface area is 137 Å². The normalized spacial score (nSPS) is 19.7. The van der Waals surface area contributed by atoms with Crippen molar-refractivity contribution in [2.75, 3.05) is 13.1 Å². The molecule has 1 saturated heterocycles. The first-order valence-electron chi connectivity index (χ1n) is 8.43. The highest BCUT2D eigenvalue weighted by molar-refractivity contribution is 6.00. The molecule has 2 heterocycles. The van der Waals surface area contributed by atoms with Crippen molar-refractivity contribution in [1.82, 2.24) is 4.90 Å². The number of carbonyl (C=O) groups is 2. The molecule has 0 N–H and O–H groups in total. The summed E-state index contributed by atoms with van der Waals surface area (Å²) in [6.45, 7) is 9.25. The zero-order valence-corrected chi connectivity index (χ0v) is 14.4. The van der Waals surface area contributed by atoms with Crippen molar-refractivity contribution in [1.29, 1.82) is 0 Å². The second-order valence-electron chi connectivity index (χ2n) is 7.30. The Bertz CT molecular complexity index is 655. The summed E-state index contributed by atoms with van der Waals surface area (Å²) >= 11 is 0. The van der Waals surface area contributed by atoms with E-state index in [9.17, 15) is 9.59 Å². The van der Waals surface area contributed by atoms with Gasteiger partial charge in [-0.15, -0.1) is 0 Å². The van der Waals surface area contributed by atoms with Crippen LogP contribution in [0.1, 0.15) is 54.6 Å². The van der Waals surface area contributed by atoms with E-state index in [1.807, 2.05) is 44.7 Å². The number of aryl methyl sites for hydroxylation is 2. The van der Waals surface area contributed by atoms with Crippen molar-refractivity contribution in [3.63, 3.8) is 0 Å². The maximum atomic E-state index is 12.6. The summed E-state index contributed by atoms with van der Waals surface area (Å²) in [5.74, 6) is 1.09. The maximum Gasteiger partial charge on any atom is 0.225 e. The number of fused-ring (bicyclic) bond motifs is 1. The molecule has 124 valence electrons. The maximum absolute atomic E-state index is 12.6. The number of likely N-dealkylation sites (tertiary alicyclic amines) is 1. The smallest absolute Gasteiger partial charge is 0.225 e. The Morgan fingerprint density at radius 1 is 1.17 bits per heavy atom. The zero-order chi connectivity index (χ0) is 16.8. The molecule has 0 aromatic heterocycles. The van der Waals surface area contributed by atoms with Gasteiger partial charge in [-0.3, -0.25) is 9.59 Å². The van der Waals surface area contributed by atoms with Crippen LogP contribution < -0.4 is 4.74 Å². The number of carbonyl (C=O) groups excluding carboxylic acids is 2. The minimum absolute atomic E-state index is 0.0179. The summed E-state index contributed by atoms with van der Waals surface area (Å²) in [7, 11) is 0. The van der Waals surface area contributed by atoms with Gasteiger partial charge in [-0.1, -0.05) is 13.8 Å². The van der Waals surface area contributed by atoms with Crippen LogP contribution in [0.15, 0.2) is 12.1 Å². The molecule has 1 fully saturated rings. The van der Waals surface area contributed by atoms with Crippen molar-refractivity contribution in [2.24, 2.45) is 5.92 Å². The van der Waals surface area contributed by atoms with Gasteiger partial charge in [0, 0.05) is 31.8 Å². The Morgan fingerprint density at radius 3 is 2.39 bits per heavy atom. The number of ether oxygens (including phenoxy) is 1. The van der Waals surface area contributed by atoms with Crippen molar-refractivity contribution < 1.29 is 14.3 Å². The van der Waals surface area contributed by atoms with Gasteiger partial charge in [0.25, 0.3) is 0 Å². The van der Waals surface area contributed by atoms with E-state index in [2.05, 4.69) is 0 Å². The SMILES string of the molecule is Cc1cc2c(cc1C)C(=O)CC1(CCN(C(=O)C(C)C)CC1)O2. The molecule has 0 aliphatic carbocycles. The second kappa shape index (κ2) is 5.66. The summed E-state index contributed by atoms with van der Waals surface area (Å²) in [5, 5.41) is 0. The highest BCUT2D eigenvalue weighted by Gasteiger charge is 2.43. The molecule has 4 heteroatoms. The van der Waals surface area contributed by atoms with Gasteiger partial charge in [-0.05, 0) is 37.1 Å². The van der Waals surface area contributed by atoms with Crippen LogP contribution in [-0.2, 0) is 4.79 Å². The van der Waals surface area contributed by atoms with Gasteiger partial charge in [-0.25, -0.2) is 0 Å². The van der Waals surface area contributed by atoms with Crippen LogP contribution in [-0.4, -0.2) is 35.3 Å². The van der Waals surface area contributed by atoms with E-state index < -0.39 is 5.60 Å². The van der Waals surface area contributed by atoms with Crippen LogP contribution in [0.5, 0.6) is 5.75 Å². The fraction of sp³-hybridized carbons (Fsp3) is 0.579. The van der Waals surface area contributed by atoms with Gasteiger partial charge in [0.2, 0.25) is 5.91 Å². The number of amides is 1. The average molecular weight is 315 g/mol. The van der Waals surface area contributed by atoms with E-state index in [0.29, 0.717) is 30.8 Å². The van der Waals surface area contributed by atoms with Crippen molar-refractivity contribution >= 4 is 11.7 Å². The number of nitrogens with zero attached hydrogens (tertiary/aromatic N) is 1. The molecule has 1 amide bonds. The molecule has 0 saturated carbocycles. The first-order valence-corrected chi connectivity index (χ1v) is 8.43. The van der Waals surface area contributed by atoms with Crippen LogP contribution in [0.2, 0.25) is 0 Å². The molecule has 0 radical (unpaired) electrons. The minimum atomic E-state index is -0.431. The number of piperidine rings is 1. The summed E-state index contributed by atoms with van der Waals surface area (Å²) in [6.07, 6.45) is 1.87. The summed E-state index contributed by atoms with van der Waals surface area (Å²) in [5.41, 5.74) is 2.54. The number of rotatable bonds is 1. The zero-order valence-electron chi connectivity index (χ0n) is 14.4. The Balaban J connectivity index is 1.80. The second-order valence-corrected chi connectivity index (χ2v) is 7.30. The van der Waals surface area contributed by atoms with E-state index >= 15 is 0 Å². The topological polar surface area (TPSA) is 46.6 Å². The Hall–Kier alpha value is -1.84. The third-order valence-corrected chi connectivity index (χ3v) is 5.19. The predicted molar refractivity (Wildman–Crippen MR) is 88.9 cm³/mol. The van der Waals surface area contributed by atoms with E-state index in [4.69, 9.17) is 4.74 Å². The summed E-state index contributed by atoms with van der Waals surface area (Å²) in [4.78, 5) is 26.6. The molecule has 1 aromatic carbocycles. The lowest BCUT2D eigenvalue weighted by Gasteiger charge is -2.44. The molecule has 0 unspecified atom stereocenters. The first-order chi connectivity index (χ1) is 10.8. The molecule has 2 aliphatic rings. The molecule has 0 bridgehead atoms. The van der Waals surface area contributed by atoms with Crippen LogP contribution in [0, 0.1) is 19.8 Å². The molecule has 2 aliphatic heterocycles. The molecule has 23 heavy (non-hydrogen) atoms.